The average molecular weight is 179 g/mol. The monoisotopic (exact) mass is 179 g/mol. The molecule has 0 saturated heterocycles. The third-order valence-corrected chi connectivity index (χ3v) is 2.49. The van der Waals surface area contributed by atoms with Crippen molar-refractivity contribution in [1.82, 2.24) is 4.98 Å². The number of thioether (sulfide) groups is 1. The minimum Gasteiger partial charge on any atom is -0.231 e. The van der Waals surface area contributed by atoms with Crippen molar-refractivity contribution in [3.05, 3.63) is 23.8 Å². The summed E-state index contributed by atoms with van der Waals surface area (Å²) in [6, 6.07) is 6.35. The number of H-pyrrole nitrogens is 2. The lowest BCUT2D eigenvalue weighted by Gasteiger charge is -1.85. The fourth-order valence-electron chi connectivity index (χ4n) is 1.25. The Kier molecular flexibility index (Phi) is 1.81. The molecule has 1 aromatic heterocycles. The molecule has 0 aliphatic carbocycles. The van der Waals surface area contributed by atoms with Gasteiger partial charge in [-0.05, 0) is 42.6 Å². The molecule has 12 heavy (non-hydrogen) atoms. The molecule has 2 aromatic rings. The molecule has 2 rings (SSSR count). The molecule has 0 radical (unpaired) electrons. The summed E-state index contributed by atoms with van der Waals surface area (Å²) in [5.41, 5.74) is 3.63. The fraction of sp³-hybridized carbons (Fsp3) is 0.222. The molecule has 0 saturated carbocycles. The first kappa shape index (κ1) is 7.68. The maximum absolute atomic E-state index is 3.29. The van der Waals surface area contributed by atoms with Gasteiger partial charge in [0.25, 0.3) is 0 Å². The fourth-order valence-corrected chi connectivity index (χ4v) is 1.67. The Hall–Kier alpha value is -0.960. The van der Waals surface area contributed by atoms with Gasteiger partial charge in [0, 0.05) is 0 Å². The second-order valence-corrected chi connectivity index (χ2v) is 3.65. The van der Waals surface area contributed by atoms with Crippen LogP contribution in [0.25, 0.3) is 11.0 Å². The molecule has 0 aliphatic rings. The van der Waals surface area contributed by atoms with Gasteiger partial charge in [-0.15, -0.1) is 0 Å². The molecular weight excluding hydrogens is 168 g/mol. The van der Waals surface area contributed by atoms with E-state index in [2.05, 4.69) is 35.1 Å². The zero-order valence-corrected chi connectivity index (χ0v) is 7.96. The van der Waals surface area contributed by atoms with E-state index in [0.29, 0.717) is 0 Å². The lowest BCUT2D eigenvalue weighted by atomic mass is 10.2. The predicted octanol–water partition coefficient (Wildman–Crippen LogP) is 2.01. The van der Waals surface area contributed by atoms with E-state index in [9.17, 15) is 0 Å². The molecule has 0 amide bonds. The van der Waals surface area contributed by atoms with Gasteiger partial charge < -0.3 is 0 Å². The Bertz CT molecular complexity index is 406. The van der Waals surface area contributed by atoms with E-state index in [4.69, 9.17) is 0 Å². The molecule has 0 unspecified atom stereocenters. The number of nitrogens with one attached hydrogen (secondary N) is 2. The van der Waals surface area contributed by atoms with Crippen molar-refractivity contribution in [3.63, 3.8) is 0 Å². The van der Waals surface area contributed by atoms with Gasteiger partial charge in [-0.3, -0.25) is 0 Å². The quantitative estimate of drug-likeness (QED) is 0.667. The smallest absolute Gasteiger partial charge is 0.231 e. The average Bonchev–Trinajstić information content (AvgIpc) is 2.46. The molecule has 0 spiro atoms. The van der Waals surface area contributed by atoms with Gasteiger partial charge in [-0.25, -0.2) is 9.97 Å². The highest BCUT2D eigenvalue weighted by atomic mass is 32.2. The molecule has 3 heteroatoms. The van der Waals surface area contributed by atoms with Crippen LogP contribution in [0.1, 0.15) is 5.56 Å². The van der Waals surface area contributed by atoms with E-state index < -0.39 is 0 Å². The first-order chi connectivity index (χ1) is 5.79. The zero-order valence-electron chi connectivity index (χ0n) is 7.14. The van der Waals surface area contributed by atoms with Crippen LogP contribution in [0.3, 0.4) is 0 Å². The van der Waals surface area contributed by atoms with Gasteiger partial charge >= 0.3 is 5.16 Å². The summed E-state index contributed by atoms with van der Waals surface area (Å²) in [7, 11) is 0. The molecular formula is C9H11N2S+. The summed E-state index contributed by atoms with van der Waals surface area (Å²) >= 11 is 1.69. The van der Waals surface area contributed by atoms with Crippen LogP contribution in [0.4, 0.5) is 0 Å². The standard InChI is InChI=1S/C9H10N2S/c1-6-3-4-7-8(5-6)11-9(10-7)12-2/h3-5H,1-2H3,(H,10,11)/p+1. The number of aromatic nitrogens is 2. The van der Waals surface area contributed by atoms with Gasteiger partial charge in [-0.1, -0.05) is 6.07 Å². The van der Waals surface area contributed by atoms with Crippen molar-refractivity contribution in [2.45, 2.75) is 12.1 Å². The highest BCUT2D eigenvalue weighted by molar-refractivity contribution is 7.98. The Morgan fingerprint density at radius 2 is 2.25 bits per heavy atom. The van der Waals surface area contributed by atoms with Crippen LogP contribution >= 0.6 is 11.8 Å². The molecule has 2 N–H and O–H groups in total. The molecule has 2 nitrogen and oxygen atoms in total. The minimum atomic E-state index is 1.11. The van der Waals surface area contributed by atoms with Gasteiger partial charge in [0.1, 0.15) is 0 Å². The summed E-state index contributed by atoms with van der Waals surface area (Å²) in [6.07, 6.45) is 2.05. The van der Waals surface area contributed by atoms with Gasteiger partial charge in [0.15, 0.2) is 11.0 Å². The molecule has 62 valence electrons. The lowest BCUT2D eigenvalue weighted by Crippen LogP contribution is -1.99. The van der Waals surface area contributed by atoms with Crippen molar-refractivity contribution >= 4 is 22.8 Å². The number of rotatable bonds is 1. The molecule has 0 fully saturated rings. The number of fused-ring (bicyclic) bond motifs is 1. The Labute approximate surface area is 75.4 Å². The second kappa shape index (κ2) is 2.83. The summed E-state index contributed by atoms with van der Waals surface area (Å²) in [6.45, 7) is 2.10. The van der Waals surface area contributed by atoms with E-state index in [1.54, 1.807) is 11.8 Å². The Balaban J connectivity index is 2.67. The SMILES string of the molecule is CSc1[nH]c2cc(C)ccc2[nH+]1. The highest BCUT2D eigenvalue weighted by Crippen LogP contribution is 2.13. The largest absolute Gasteiger partial charge is 0.314 e. The van der Waals surface area contributed by atoms with Crippen molar-refractivity contribution in [3.8, 4) is 0 Å². The summed E-state index contributed by atoms with van der Waals surface area (Å²) in [5.74, 6) is 0. The van der Waals surface area contributed by atoms with Crippen LogP contribution in [0.5, 0.6) is 0 Å². The molecule has 0 aliphatic heterocycles. The van der Waals surface area contributed by atoms with Gasteiger partial charge in [0.2, 0.25) is 0 Å². The third kappa shape index (κ3) is 1.20. The van der Waals surface area contributed by atoms with Crippen molar-refractivity contribution in [1.29, 1.82) is 0 Å². The van der Waals surface area contributed by atoms with Gasteiger partial charge in [0.05, 0.1) is 0 Å². The van der Waals surface area contributed by atoms with Crippen molar-refractivity contribution in [2.24, 2.45) is 0 Å². The number of hydrogen-bond donors (Lipinski definition) is 1. The maximum atomic E-state index is 3.29. The normalized spacial score (nSPS) is 10.8. The number of imidazole rings is 1. The van der Waals surface area contributed by atoms with Crippen molar-refractivity contribution in [2.75, 3.05) is 6.26 Å². The molecule has 0 atom stereocenters. The van der Waals surface area contributed by atoms with Crippen LogP contribution in [-0.4, -0.2) is 11.2 Å². The maximum Gasteiger partial charge on any atom is 0.314 e. The number of benzene rings is 1. The summed E-state index contributed by atoms with van der Waals surface area (Å²) in [4.78, 5) is 6.57. The number of aromatic amines is 2. The van der Waals surface area contributed by atoms with Crippen LogP contribution in [-0.2, 0) is 0 Å². The predicted molar refractivity (Wildman–Crippen MR) is 51.4 cm³/mol. The highest BCUT2D eigenvalue weighted by Gasteiger charge is 2.07. The minimum absolute atomic E-state index is 1.11. The van der Waals surface area contributed by atoms with Crippen LogP contribution in [0.2, 0.25) is 0 Å². The number of hydrogen-bond acceptors (Lipinski definition) is 1. The van der Waals surface area contributed by atoms with E-state index >= 15 is 0 Å². The van der Waals surface area contributed by atoms with E-state index in [1.807, 2.05) is 6.26 Å². The lowest BCUT2D eigenvalue weighted by molar-refractivity contribution is -0.396. The first-order valence-corrected chi connectivity index (χ1v) is 5.08. The van der Waals surface area contributed by atoms with Gasteiger partial charge in [-0.2, -0.15) is 0 Å². The van der Waals surface area contributed by atoms with E-state index in [0.717, 1.165) is 5.16 Å². The molecule has 0 bridgehead atoms. The van der Waals surface area contributed by atoms with Crippen LogP contribution in [0.15, 0.2) is 23.4 Å². The summed E-state index contributed by atoms with van der Waals surface area (Å²) in [5, 5.41) is 1.11. The van der Waals surface area contributed by atoms with E-state index in [-0.39, 0.29) is 0 Å². The van der Waals surface area contributed by atoms with Crippen molar-refractivity contribution < 1.29 is 4.98 Å². The van der Waals surface area contributed by atoms with Crippen LogP contribution < -0.4 is 4.98 Å². The summed E-state index contributed by atoms with van der Waals surface area (Å²) < 4.78 is 0. The second-order valence-electron chi connectivity index (χ2n) is 2.83. The molecule has 1 aromatic carbocycles. The third-order valence-electron chi connectivity index (χ3n) is 1.88. The topological polar surface area (TPSA) is 29.9 Å². The Morgan fingerprint density at radius 1 is 1.42 bits per heavy atom. The first-order valence-electron chi connectivity index (χ1n) is 3.85. The Morgan fingerprint density at radius 3 is 3.00 bits per heavy atom. The van der Waals surface area contributed by atoms with E-state index in [1.165, 1.54) is 16.6 Å². The number of aryl methyl sites for hydroxylation is 1. The zero-order chi connectivity index (χ0) is 8.55. The van der Waals surface area contributed by atoms with Crippen LogP contribution in [0, 0.1) is 6.92 Å². The molecule has 1 heterocycles.